The lowest BCUT2D eigenvalue weighted by molar-refractivity contribution is 0.156. The summed E-state index contributed by atoms with van der Waals surface area (Å²) in [6, 6.07) is 0. The fraction of sp³-hybridized carbons (Fsp3) is 1.00. The quantitative estimate of drug-likeness (QED) is 0.711. The van der Waals surface area contributed by atoms with Crippen molar-refractivity contribution in [3.63, 3.8) is 0 Å². The van der Waals surface area contributed by atoms with Crippen LogP contribution < -0.4 is 5.32 Å². The smallest absolute Gasteiger partial charge is 0.0664 e. The van der Waals surface area contributed by atoms with Gasteiger partial charge in [-0.05, 0) is 37.6 Å². The second-order valence-electron chi connectivity index (χ2n) is 5.23. The van der Waals surface area contributed by atoms with Crippen LogP contribution in [-0.4, -0.2) is 24.3 Å². The highest BCUT2D eigenvalue weighted by Crippen LogP contribution is 2.27. The zero-order valence-corrected chi connectivity index (χ0v) is 10.3. The summed E-state index contributed by atoms with van der Waals surface area (Å²) in [7, 11) is 0. The summed E-state index contributed by atoms with van der Waals surface area (Å²) < 4.78 is 0. The fourth-order valence-corrected chi connectivity index (χ4v) is 2.42. The second kappa shape index (κ2) is 7.24. The van der Waals surface area contributed by atoms with Gasteiger partial charge < -0.3 is 10.4 Å². The summed E-state index contributed by atoms with van der Waals surface area (Å²) >= 11 is 0. The minimum absolute atomic E-state index is 0.141. The minimum Gasteiger partial charge on any atom is -0.392 e. The van der Waals surface area contributed by atoms with E-state index in [0.29, 0.717) is 0 Å². The summed E-state index contributed by atoms with van der Waals surface area (Å²) in [4.78, 5) is 0. The van der Waals surface area contributed by atoms with E-state index in [-0.39, 0.29) is 6.10 Å². The van der Waals surface area contributed by atoms with Crippen LogP contribution in [0.25, 0.3) is 0 Å². The topological polar surface area (TPSA) is 32.3 Å². The van der Waals surface area contributed by atoms with Crippen molar-refractivity contribution in [1.82, 2.24) is 5.32 Å². The molecule has 90 valence electrons. The van der Waals surface area contributed by atoms with Gasteiger partial charge in [0.05, 0.1) is 6.10 Å². The summed E-state index contributed by atoms with van der Waals surface area (Å²) in [6.45, 7) is 6.35. The maximum Gasteiger partial charge on any atom is 0.0664 e. The summed E-state index contributed by atoms with van der Waals surface area (Å²) in [5.74, 6) is 1.79. The van der Waals surface area contributed by atoms with Gasteiger partial charge in [0.1, 0.15) is 0 Å². The molecular weight excluding hydrogens is 186 g/mol. The highest BCUT2D eigenvalue weighted by atomic mass is 16.3. The molecule has 1 unspecified atom stereocenters. The standard InChI is InChI=1S/C13H27NO/c1-3-4-13(15)10-14-9-12-7-5-11(2)6-8-12/h11-15H,3-10H2,1-2H3. The fourth-order valence-electron chi connectivity index (χ4n) is 2.42. The van der Waals surface area contributed by atoms with Crippen molar-refractivity contribution in [2.75, 3.05) is 13.1 Å². The molecule has 1 saturated carbocycles. The van der Waals surface area contributed by atoms with Crippen molar-refractivity contribution in [2.45, 2.75) is 58.5 Å². The number of nitrogens with one attached hydrogen (secondary N) is 1. The van der Waals surface area contributed by atoms with Crippen molar-refractivity contribution < 1.29 is 5.11 Å². The average molecular weight is 213 g/mol. The van der Waals surface area contributed by atoms with E-state index in [1.165, 1.54) is 25.7 Å². The van der Waals surface area contributed by atoms with E-state index < -0.39 is 0 Å². The maximum atomic E-state index is 9.56. The van der Waals surface area contributed by atoms with Crippen molar-refractivity contribution in [2.24, 2.45) is 11.8 Å². The highest BCUT2D eigenvalue weighted by molar-refractivity contribution is 4.72. The van der Waals surface area contributed by atoms with Gasteiger partial charge in [0, 0.05) is 6.54 Å². The lowest BCUT2D eigenvalue weighted by Gasteiger charge is -2.26. The first-order chi connectivity index (χ1) is 7.22. The van der Waals surface area contributed by atoms with Crippen LogP contribution in [0.5, 0.6) is 0 Å². The number of aliphatic hydroxyl groups excluding tert-OH is 1. The Balaban J connectivity index is 2.00. The van der Waals surface area contributed by atoms with Crippen LogP contribution in [0, 0.1) is 11.8 Å². The van der Waals surface area contributed by atoms with Gasteiger partial charge in [0.15, 0.2) is 0 Å². The van der Waals surface area contributed by atoms with Gasteiger partial charge in [0.2, 0.25) is 0 Å². The van der Waals surface area contributed by atoms with E-state index in [4.69, 9.17) is 0 Å². The lowest BCUT2D eigenvalue weighted by atomic mass is 9.83. The Kier molecular flexibility index (Phi) is 6.26. The number of rotatable bonds is 6. The van der Waals surface area contributed by atoms with E-state index in [9.17, 15) is 5.11 Å². The molecule has 0 saturated heterocycles. The molecule has 1 aliphatic carbocycles. The maximum absolute atomic E-state index is 9.56. The largest absolute Gasteiger partial charge is 0.392 e. The predicted molar refractivity (Wildman–Crippen MR) is 64.9 cm³/mol. The molecule has 1 fully saturated rings. The van der Waals surface area contributed by atoms with Gasteiger partial charge in [-0.15, -0.1) is 0 Å². The Morgan fingerprint density at radius 3 is 2.53 bits per heavy atom. The van der Waals surface area contributed by atoms with E-state index in [1.54, 1.807) is 0 Å². The molecule has 1 aliphatic rings. The molecule has 0 radical (unpaired) electrons. The van der Waals surface area contributed by atoms with Crippen LogP contribution in [-0.2, 0) is 0 Å². The van der Waals surface area contributed by atoms with Gasteiger partial charge in [-0.1, -0.05) is 33.1 Å². The van der Waals surface area contributed by atoms with Crippen LogP contribution >= 0.6 is 0 Å². The Morgan fingerprint density at radius 1 is 1.27 bits per heavy atom. The number of aliphatic hydroxyl groups is 1. The third-order valence-electron chi connectivity index (χ3n) is 3.57. The van der Waals surface area contributed by atoms with Crippen LogP contribution in [0.1, 0.15) is 52.4 Å². The van der Waals surface area contributed by atoms with Crippen LogP contribution in [0.4, 0.5) is 0 Å². The third kappa shape index (κ3) is 5.53. The van der Waals surface area contributed by atoms with E-state index in [2.05, 4.69) is 19.2 Å². The first kappa shape index (κ1) is 13.0. The molecule has 0 aromatic heterocycles. The van der Waals surface area contributed by atoms with Gasteiger partial charge >= 0.3 is 0 Å². The second-order valence-corrected chi connectivity index (χ2v) is 5.23. The lowest BCUT2D eigenvalue weighted by Crippen LogP contribution is -2.32. The molecule has 0 aromatic rings. The molecule has 1 atom stereocenters. The Hall–Kier alpha value is -0.0800. The Bertz CT molecular complexity index is 153. The van der Waals surface area contributed by atoms with Gasteiger partial charge in [-0.25, -0.2) is 0 Å². The molecular formula is C13H27NO. The summed E-state index contributed by atoms with van der Waals surface area (Å²) in [5.41, 5.74) is 0. The molecule has 2 N–H and O–H groups in total. The zero-order chi connectivity index (χ0) is 11.1. The molecule has 0 spiro atoms. The number of hydrogen-bond donors (Lipinski definition) is 2. The van der Waals surface area contributed by atoms with E-state index in [0.717, 1.165) is 37.8 Å². The average Bonchev–Trinajstić information content (AvgIpc) is 2.21. The molecule has 2 heteroatoms. The summed E-state index contributed by atoms with van der Waals surface area (Å²) in [5, 5.41) is 13.0. The van der Waals surface area contributed by atoms with Gasteiger partial charge in [-0.3, -0.25) is 0 Å². The third-order valence-corrected chi connectivity index (χ3v) is 3.57. The monoisotopic (exact) mass is 213 g/mol. The molecule has 0 amide bonds. The van der Waals surface area contributed by atoms with Crippen molar-refractivity contribution in [3.05, 3.63) is 0 Å². The molecule has 0 aromatic carbocycles. The molecule has 1 rings (SSSR count). The van der Waals surface area contributed by atoms with E-state index in [1.807, 2.05) is 0 Å². The highest BCUT2D eigenvalue weighted by Gasteiger charge is 2.17. The van der Waals surface area contributed by atoms with Crippen LogP contribution in [0.3, 0.4) is 0 Å². The Morgan fingerprint density at radius 2 is 1.93 bits per heavy atom. The normalized spacial score (nSPS) is 29.0. The SMILES string of the molecule is CCCC(O)CNCC1CCC(C)CC1. The molecule has 0 aliphatic heterocycles. The first-order valence-corrected chi connectivity index (χ1v) is 6.61. The van der Waals surface area contributed by atoms with Crippen LogP contribution in [0.15, 0.2) is 0 Å². The summed E-state index contributed by atoms with van der Waals surface area (Å²) in [6.07, 6.45) is 7.39. The van der Waals surface area contributed by atoms with Crippen molar-refractivity contribution in [3.8, 4) is 0 Å². The van der Waals surface area contributed by atoms with Crippen molar-refractivity contribution >= 4 is 0 Å². The van der Waals surface area contributed by atoms with E-state index >= 15 is 0 Å². The predicted octanol–water partition coefficient (Wildman–Crippen LogP) is 2.56. The van der Waals surface area contributed by atoms with Crippen molar-refractivity contribution in [1.29, 1.82) is 0 Å². The molecule has 15 heavy (non-hydrogen) atoms. The molecule has 0 heterocycles. The molecule has 2 nitrogen and oxygen atoms in total. The van der Waals surface area contributed by atoms with Crippen LogP contribution in [0.2, 0.25) is 0 Å². The minimum atomic E-state index is -0.141. The Labute approximate surface area is 94.5 Å². The van der Waals surface area contributed by atoms with Gasteiger partial charge in [-0.2, -0.15) is 0 Å². The zero-order valence-electron chi connectivity index (χ0n) is 10.3. The first-order valence-electron chi connectivity index (χ1n) is 6.61. The van der Waals surface area contributed by atoms with Gasteiger partial charge in [0.25, 0.3) is 0 Å². The molecule has 0 bridgehead atoms. The number of hydrogen-bond acceptors (Lipinski definition) is 2.